The van der Waals surface area contributed by atoms with E-state index in [2.05, 4.69) is 27.8 Å². The number of nitrogens with zero attached hydrogens (tertiary/aromatic N) is 2. The lowest BCUT2D eigenvalue weighted by molar-refractivity contribution is 0.102. The zero-order valence-electron chi connectivity index (χ0n) is 12.1. The van der Waals surface area contributed by atoms with Crippen molar-refractivity contribution in [2.45, 2.75) is 19.8 Å². The summed E-state index contributed by atoms with van der Waals surface area (Å²) in [6.45, 7) is 2.91. The standard InChI is InChI=1S/C15H16ClFN4O/c1-2-3-8-18-14-7-6-13(20-21-14)15(22)19-10-4-5-12(17)11(16)9-10/h4-7,9H,2-3,8H2,1H3,(H,18,21)(H,19,22). The molecule has 0 aliphatic carbocycles. The van der Waals surface area contributed by atoms with Gasteiger partial charge in [-0.25, -0.2) is 4.39 Å². The molecule has 116 valence electrons. The van der Waals surface area contributed by atoms with Crippen molar-refractivity contribution in [3.8, 4) is 0 Å². The largest absolute Gasteiger partial charge is 0.369 e. The highest BCUT2D eigenvalue weighted by Gasteiger charge is 2.10. The second-order valence-corrected chi connectivity index (χ2v) is 5.07. The van der Waals surface area contributed by atoms with Crippen LogP contribution in [0.25, 0.3) is 0 Å². The molecule has 7 heteroatoms. The van der Waals surface area contributed by atoms with Gasteiger partial charge in [0.25, 0.3) is 5.91 Å². The van der Waals surface area contributed by atoms with Crippen LogP contribution >= 0.6 is 11.6 Å². The summed E-state index contributed by atoms with van der Waals surface area (Å²) in [6.07, 6.45) is 2.12. The number of unbranched alkanes of at least 4 members (excludes halogenated alkanes) is 1. The highest BCUT2D eigenvalue weighted by atomic mass is 35.5. The zero-order chi connectivity index (χ0) is 15.9. The Morgan fingerprint density at radius 2 is 2.09 bits per heavy atom. The molecule has 1 amide bonds. The second kappa shape index (κ2) is 7.70. The van der Waals surface area contributed by atoms with Gasteiger partial charge < -0.3 is 10.6 Å². The van der Waals surface area contributed by atoms with E-state index in [-0.39, 0.29) is 10.7 Å². The van der Waals surface area contributed by atoms with Crippen molar-refractivity contribution in [1.82, 2.24) is 10.2 Å². The summed E-state index contributed by atoms with van der Waals surface area (Å²) in [7, 11) is 0. The molecule has 2 rings (SSSR count). The molecule has 1 aromatic carbocycles. The van der Waals surface area contributed by atoms with Crippen LogP contribution in [0.4, 0.5) is 15.9 Å². The van der Waals surface area contributed by atoms with Crippen LogP contribution in [0.5, 0.6) is 0 Å². The lowest BCUT2D eigenvalue weighted by Gasteiger charge is -2.06. The van der Waals surface area contributed by atoms with Crippen LogP contribution in [-0.4, -0.2) is 22.6 Å². The Labute approximate surface area is 132 Å². The Morgan fingerprint density at radius 3 is 2.73 bits per heavy atom. The monoisotopic (exact) mass is 322 g/mol. The Kier molecular flexibility index (Phi) is 5.66. The number of carbonyl (C=O) groups excluding carboxylic acids is 1. The quantitative estimate of drug-likeness (QED) is 0.795. The van der Waals surface area contributed by atoms with E-state index in [0.29, 0.717) is 11.5 Å². The molecule has 2 N–H and O–H groups in total. The van der Waals surface area contributed by atoms with Gasteiger partial charge in [-0.15, -0.1) is 10.2 Å². The van der Waals surface area contributed by atoms with Gasteiger partial charge in [-0.3, -0.25) is 4.79 Å². The van der Waals surface area contributed by atoms with Crippen LogP contribution in [0.3, 0.4) is 0 Å². The van der Waals surface area contributed by atoms with Gasteiger partial charge in [0.05, 0.1) is 5.02 Å². The van der Waals surface area contributed by atoms with Crippen LogP contribution in [0.15, 0.2) is 30.3 Å². The fourth-order valence-corrected chi connectivity index (χ4v) is 1.89. The summed E-state index contributed by atoms with van der Waals surface area (Å²) in [6, 6.07) is 7.21. The smallest absolute Gasteiger partial charge is 0.276 e. The van der Waals surface area contributed by atoms with Gasteiger partial charge >= 0.3 is 0 Å². The van der Waals surface area contributed by atoms with Crippen molar-refractivity contribution >= 4 is 29.0 Å². The summed E-state index contributed by atoms with van der Waals surface area (Å²) < 4.78 is 13.1. The molecule has 0 aliphatic rings. The van der Waals surface area contributed by atoms with E-state index in [0.717, 1.165) is 19.4 Å². The Bertz CT molecular complexity index is 648. The number of aromatic nitrogens is 2. The molecule has 0 saturated heterocycles. The van der Waals surface area contributed by atoms with Crippen molar-refractivity contribution in [1.29, 1.82) is 0 Å². The zero-order valence-corrected chi connectivity index (χ0v) is 12.8. The summed E-state index contributed by atoms with van der Waals surface area (Å²) in [5.74, 6) is -0.355. The van der Waals surface area contributed by atoms with Crippen LogP contribution in [0.2, 0.25) is 5.02 Å². The predicted octanol–water partition coefficient (Wildman–Crippen LogP) is 3.73. The molecule has 5 nitrogen and oxygen atoms in total. The lowest BCUT2D eigenvalue weighted by atomic mass is 10.3. The topological polar surface area (TPSA) is 66.9 Å². The molecule has 22 heavy (non-hydrogen) atoms. The van der Waals surface area contributed by atoms with Gasteiger partial charge in [-0.2, -0.15) is 0 Å². The molecule has 0 spiro atoms. The summed E-state index contributed by atoms with van der Waals surface area (Å²) >= 11 is 5.66. The third kappa shape index (κ3) is 4.39. The summed E-state index contributed by atoms with van der Waals surface area (Å²) in [5.41, 5.74) is 0.560. The number of carbonyl (C=O) groups is 1. The Balaban J connectivity index is 1.98. The maximum Gasteiger partial charge on any atom is 0.276 e. The van der Waals surface area contributed by atoms with E-state index in [4.69, 9.17) is 11.6 Å². The number of benzene rings is 1. The fourth-order valence-electron chi connectivity index (χ4n) is 1.71. The molecule has 0 unspecified atom stereocenters. The second-order valence-electron chi connectivity index (χ2n) is 4.67. The van der Waals surface area contributed by atoms with Gasteiger partial charge in [0, 0.05) is 12.2 Å². The van der Waals surface area contributed by atoms with Gasteiger partial charge in [0.15, 0.2) is 5.69 Å². The van der Waals surface area contributed by atoms with E-state index in [1.54, 1.807) is 12.1 Å². The number of hydrogen-bond donors (Lipinski definition) is 2. The van der Waals surface area contributed by atoms with Crippen molar-refractivity contribution in [3.63, 3.8) is 0 Å². The average molecular weight is 323 g/mol. The van der Waals surface area contributed by atoms with Crippen molar-refractivity contribution < 1.29 is 9.18 Å². The fraction of sp³-hybridized carbons (Fsp3) is 0.267. The average Bonchev–Trinajstić information content (AvgIpc) is 2.52. The number of hydrogen-bond acceptors (Lipinski definition) is 4. The first kappa shape index (κ1) is 16.2. The molecule has 0 saturated carbocycles. The van der Waals surface area contributed by atoms with Gasteiger partial charge in [0.1, 0.15) is 11.6 Å². The van der Waals surface area contributed by atoms with Gasteiger partial charge in [0.2, 0.25) is 0 Å². The predicted molar refractivity (Wildman–Crippen MR) is 84.8 cm³/mol. The molecule has 0 aliphatic heterocycles. The first-order valence-corrected chi connectivity index (χ1v) is 7.32. The normalized spacial score (nSPS) is 10.3. The lowest BCUT2D eigenvalue weighted by Crippen LogP contribution is -2.15. The summed E-state index contributed by atoms with van der Waals surface area (Å²) in [4.78, 5) is 12.0. The minimum atomic E-state index is -0.540. The van der Waals surface area contributed by atoms with Gasteiger partial charge in [-0.05, 0) is 36.8 Å². The first-order chi connectivity index (χ1) is 10.6. The molecule has 2 aromatic rings. The molecule has 0 atom stereocenters. The molecule has 0 fully saturated rings. The van der Waals surface area contributed by atoms with Crippen molar-refractivity contribution in [2.24, 2.45) is 0 Å². The number of rotatable bonds is 6. The minimum absolute atomic E-state index is 0.0562. The number of nitrogens with one attached hydrogen (secondary N) is 2. The Hall–Kier alpha value is -2.21. The van der Waals surface area contributed by atoms with Crippen LogP contribution in [-0.2, 0) is 0 Å². The third-order valence-corrected chi connectivity index (χ3v) is 3.20. The molecule has 1 aromatic heterocycles. The van der Waals surface area contributed by atoms with Crippen molar-refractivity contribution in [3.05, 3.63) is 46.9 Å². The Morgan fingerprint density at radius 1 is 1.27 bits per heavy atom. The van der Waals surface area contributed by atoms with E-state index in [1.807, 2.05) is 0 Å². The van der Waals surface area contributed by atoms with E-state index in [9.17, 15) is 9.18 Å². The number of halogens is 2. The molecular weight excluding hydrogens is 307 g/mol. The maximum atomic E-state index is 13.1. The van der Waals surface area contributed by atoms with Gasteiger partial charge in [-0.1, -0.05) is 24.9 Å². The van der Waals surface area contributed by atoms with E-state index in [1.165, 1.54) is 18.2 Å². The van der Waals surface area contributed by atoms with E-state index < -0.39 is 11.7 Å². The molecule has 0 bridgehead atoms. The van der Waals surface area contributed by atoms with Crippen LogP contribution in [0, 0.1) is 5.82 Å². The number of anilines is 2. The maximum absolute atomic E-state index is 13.1. The first-order valence-electron chi connectivity index (χ1n) is 6.94. The van der Waals surface area contributed by atoms with Crippen molar-refractivity contribution in [2.75, 3.05) is 17.2 Å². The highest BCUT2D eigenvalue weighted by Crippen LogP contribution is 2.19. The third-order valence-electron chi connectivity index (χ3n) is 2.91. The van der Waals surface area contributed by atoms with E-state index >= 15 is 0 Å². The minimum Gasteiger partial charge on any atom is -0.369 e. The SMILES string of the molecule is CCCCNc1ccc(C(=O)Nc2ccc(F)c(Cl)c2)nn1. The summed E-state index contributed by atoms with van der Waals surface area (Å²) in [5, 5.41) is 13.4. The number of amides is 1. The van der Waals surface area contributed by atoms with Crippen LogP contribution < -0.4 is 10.6 Å². The highest BCUT2D eigenvalue weighted by molar-refractivity contribution is 6.31. The van der Waals surface area contributed by atoms with Crippen LogP contribution in [0.1, 0.15) is 30.3 Å². The molecule has 0 radical (unpaired) electrons. The molecule has 1 heterocycles. The molecular formula is C15H16ClFN4O.